The lowest BCUT2D eigenvalue weighted by Gasteiger charge is -2.22. The molecule has 1 aromatic carbocycles. The molecule has 0 fully saturated rings. The van der Waals surface area contributed by atoms with Crippen molar-refractivity contribution in [3.05, 3.63) is 17.7 Å². The van der Waals surface area contributed by atoms with Gasteiger partial charge >= 0.3 is 0 Å². The first kappa shape index (κ1) is 15.7. The maximum absolute atomic E-state index is 13.3. The van der Waals surface area contributed by atoms with Gasteiger partial charge in [-0.05, 0) is 17.7 Å². The summed E-state index contributed by atoms with van der Waals surface area (Å²) in [5.74, 6) is -2.49. The minimum Gasteiger partial charge on any atom is -0.493 e. The molecule has 1 heterocycles. The molecule has 0 spiro atoms. The highest BCUT2D eigenvalue weighted by Gasteiger charge is 2.38. The molecule has 1 atom stereocenters. The van der Waals surface area contributed by atoms with Crippen LogP contribution >= 0.6 is 12.4 Å². The largest absolute Gasteiger partial charge is 0.493 e. The Morgan fingerprint density at radius 3 is 2.74 bits per heavy atom. The first-order chi connectivity index (χ1) is 8.49. The predicted molar refractivity (Wildman–Crippen MR) is 65.3 cm³/mol. The molecule has 1 aliphatic heterocycles. The van der Waals surface area contributed by atoms with Crippen molar-refractivity contribution in [2.24, 2.45) is 5.73 Å². The summed E-state index contributed by atoms with van der Waals surface area (Å²) in [6.45, 7) is -1.33. The van der Waals surface area contributed by atoms with Crippen LogP contribution in [-0.4, -0.2) is 31.5 Å². The summed E-state index contributed by atoms with van der Waals surface area (Å²) >= 11 is 0. The van der Waals surface area contributed by atoms with Gasteiger partial charge in [-0.3, -0.25) is 0 Å². The highest BCUT2D eigenvalue weighted by Crippen LogP contribution is 2.44. The Labute approximate surface area is 114 Å². The molecule has 0 saturated carbocycles. The third-order valence-electron chi connectivity index (χ3n) is 2.71. The molecule has 0 radical (unpaired) electrons. The maximum atomic E-state index is 13.3. The second-order valence-electron chi connectivity index (χ2n) is 3.85. The van der Waals surface area contributed by atoms with Crippen molar-refractivity contribution >= 4 is 12.4 Å². The van der Waals surface area contributed by atoms with Crippen molar-refractivity contribution in [3.63, 3.8) is 0 Å². The van der Waals surface area contributed by atoms with E-state index in [1.54, 1.807) is 0 Å². The summed E-state index contributed by atoms with van der Waals surface area (Å²) in [6.07, 6.45) is 0. The van der Waals surface area contributed by atoms with Gasteiger partial charge in [0, 0.05) is 0 Å². The summed E-state index contributed by atoms with van der Waals surface area (Å²) in [4.78, 5) is 0. The van der Waals surface area contributed by atoms with E-state index in [4.69, 9.17) is 25.1 Å². The minimum atomic E-state index is -3.42. The third-order valence-corrected chi connectivity index (χ3v) is 2.71. The number of aliphatic hydroxyl groups is 1. The Hall–Kier alpha value is -1.31. The predicted octanol–water partition coefficient (Wildman–Crippen LogP) is 1.47. The summed E-state index contributed by atoms with van der Waals surface area (Å²) in [6, 6.07) is 1.06. The Morgan fingerprint density at radius 2 is 2.16 bits per heavy atom. The Balaban J connectivity index is 0.00000180. The quantitative estimate of drug-likeness (QED) is 0.880. The number of rotatable bonds is 4. The van der Waals surface area contributed by atoms with Crippen LogP contribution in [0.1, 0.15) is 11.6 Å². The van der Waals surface area contributed by atoms with Gasteiger partial charge in [-0.2, -0.15) is 0 Å². The van der Waals surface area contributed by atoms with E-state index in [9.17, 15) is 8.78 Å². The normalized spacial score (nSPS) is 14.8. The number of halogens is 3. The Bertz CT molecular complexity index is 459. The SMILES string of the molecule is COc1cc([C@@H](N)C(F)(F)CO)cc2c1OCO2.Cl. The lowest BCUT2D eigenvalue weighted by atomic mass is 10.0. The monoisotopic (exact) mass is 297 g/mol. The number of aliphatic hydroxyl groups excluding tert-OH is 1. The molecule has 2 rings (SSSR count). The first-order valence-electron chi connectivity index (χ1n) is 5.21. The van der Waals surface area contributed by atoms with Crippen LogP contribution in [0.15, 0.2) is 12.1 Å². The number of fused-ring (bicyclic) bond motifs is 1. The van der Waals surface area contributed by atoms with E-state index in [0.29, 0.717) is 11.5 Å². The van der Waals surface area contributed by atoms with E-state index in [1.165, 1.54) is 19.2 Å². The molecular weight excluding hydrogens is 284 g/mol. The first-order valence-corrected chi connectivity index (χ1v) is 5.21. The molecule has 0 aromatic heterocycles. The number of benzene rings is 1. The van der Waals surface area contributed by atoms with Crippen molar-refractivity contribution in [1.29, 1.82) is 0 Å². The van der Waals surface area contributed by atoms with Crippen molar-refractivity contribution in [3.8, 4) is 17.2 Å². The second-order valence-corrected chi connectivity index (χ2v) is 3.85. The van der Waals surface area contributed by atoms with Gasteiger partial charge in [0.1, 0.15) is 6.61 Å². The molecule has 0 amide bonds. The van der Waals surface area contributed by atoms with Crippen molar-refractivity contribution in [1.82, 2.24) is 0 Å². The van der Waals surface area contributed by atoms with Crippen molar-refractivity contribution in [2.75, 3.05) is 20.5 Å². The molecule has 1 aliphatic rings. The molecule has 5 nitrogen and oxygen atoms in total. The third kappa shape index (κ3) is 2.83. The standard InChI is InChI=1S/C11H13F2NO4.ClH/c1-16-7-2-6(10(14)11(12,13)4-15)3-8-9(7)18-5-17-8;/h2-3,10,15H,4-5,14H2,1H3;1H/t10-;/m1./s1. The van der Waals surface area contributed by atoms with Gasteiger partial charge in [-0.15, -0.1) is 12.4 Å². The van der Waals surface area contributed by atoms with Crippen molar-refractivity contribution < 1.29 is 28.1 Å². The van der Waals surface area contributed by atoms with Crippen LogP contribution < -0.4 is 19.9 Å². The topological polar surface area (TPSA) is 73.9 Å². The fourth-order valence-electron chi connectivity index (χ4n) is 1.67. The summed E-state index contributed by atoms with van der Waals surface area (Å²) in [5.41, 5.74) is 5.55. The van der Waals surface area contributed by atoms with Gasteiger partial charge in [0.15, 0.2) is 11.5 Å². The summed E-state index contributed by atoms with van der Waals surface area (Å²) in [7, 11) is 1.39. The summed E-state index contributed by atoms with van der Waals surface area (Å²) < 4.78 is 41.9. The van der Waals surface area contributed by atoms with E-state index < -0.39 is 18.6 Å². The molecule has 1 aromatic rings. The molecular formula is C11H14ClF2NO4. The average Bonchev–Trinajstić information content (AvgIpc) is 2.84. The molecule has 19 heavy (non-hydrogen) atoms. The average molecular weight is 298 g/mol. The van der Waals surface area contributed by atoms with Gasteiger partial charge < -0.3 is 25.1 Å². The van der Waals surface area contributed by atoms with Gasteiger partial charge in [-0.25, -0.2) is 8.78 Å². The fraction of sp³-hybridized carbons (Fsp3) is 0.455. The van der Waals surface area contributed by atoms with E-state index in [1.807, 2.05) is 0 Å². The molecule has 0 bridgehead atoms. The highest BCUT2D eigenvalue weighted by molar-refractivity contribution is 5.85. The molecule has 3 N–H and O–H groups in total. The lowest BCUT2D eigenvalue weighted by molar-refractivity contribution is -0.0712. The van der Waals surface area contributed by atoms with Crippen molar-refractivity contribution in [2.45, 2.75) is 12.0 Å². The molecule has 108 valence electrons. The van der Waals surface area contributed by atoms with Crippen LogP contribution in [0.5, 0.6) is 17.2 Å². The van der Waals surface area contributed by atoms with E-state index >= 15 is 0 Å². The van der Waals surface area contributed by atoms with E-state index in [-0.39, 0.29) is 30.5 Å². The van der Waals surface area contributed by atoms with Crippen LogP contribution in [0.4, 0.5) is 8.78 Å². The molecule has 8 heteroatoms. The zero-order chi connectivity index (χ0) is 13.3. The van der Waals surface area contributed by atoms with Crippen LogP contribution in [0.3, 0.4) is 0 Å². The van der Waals surface area contributed by atoms with Gasteiger partial charge in [0.05, 0.1) is 13.2 Å². The van der Waals surface area contributed by atoms with Gasteiger partial charge in [-0.1, -0.05) is 0 Å². The van der Waals surface area contributed by atoms with Crippen LogP contribution in [0.2, 0.25) is 0 Å². The Kier molecular flexibility index (Phi) is 4.78. The number of nitrogens with two attached hydrogens (primary N) is 1. The number of hydrogen-bond donors (Lipinski definition) is 2. The fourth-order valence-corrected chi connectivity index (χ4v) is 1.67. The number of ether oxygens (including phenoxy) is 3. The zero-order valence-corrected chi connectivity index (χ0v) is 10.9. The van der Waals surface area contributed by atoms with Crippen LogP contribution in [0.25, 0.3) is 0 Å². The second kappa shape index (κ2) is 5.77. The van der Waals surface area contributed by atoms with E-state index in [0.717, 1.165) is 0 Å². The smallest absolute Gasteiger partial charge is 0.289 e. The highest BCUT2D eigenvalue weighted by atomic mass is 35.5. The zero-order valence-electron chi connectivity index (χ0n) is 10.1. The maximum Gasteiger partial charge on any atom is 0.289 e. The van der Waals surface area contributed by atoms with E-state index in [2.05, 4.69) is 0 Å². The van der Waals surface area contributed by atoms with Gasteiger partial charge in [0.25, 0.3) is 5.92 Å². The summed E-state index contributed by atoms with van der Waals surface area (Å²) in [5, 5.41) is 8.63. The number of hydrogen-bond acceptors (Lipinski definition) is 5. The number of methoxy groups -OCH3 is 1. The van der Waals surface area contributed by atoms with Crippen LogP contribution in [-0.2, 0) is 0 Å². The molecule has 0 saturated heterocycles. The lowest BCUT2D eigenvalue weighted by Crippen LogP contribution is -2.36. The molecule has 0 aliphatic carbocycles. The molecule has 0 unspecified atom stereocenters. The van der Waals surface area contributed by atoms with Gasteiger partial charge in [0.2, 0.25) is 12.5 Å². The number of alkyl halides is 2. The Morgan fingerprint density at radius 1 is 1.47 bits per heavy atom. The van der Waals surface area contributed by atoms with Crippen LogP contribution in [0, 0.1) is 0 Å². The minimum absolute atomic E-state index is 0.